The summed E-state index contributed by atoms with van der Waals surface area (Å²) in [5, 5.41) is 11.5. The van der Waals surface area contributed by atoms with E-state index >= 15 is 0 Å². The number of anilines is 1. The second-order valence-corrected chi connectivity index (χ2v) is 9.18. The Morgan fingerprint density at radius 1 is 0.789 bits per heavy atom. The van der Waals surface area contributed by atoms with Crippen LogP contribution in [0.3, 0.4) is 0 Å². The van der Waals surface area contributed by atoms with Crippen molar-refractivity contribution in [3.8, 4) is 17.2 Å². The van der Waals surface area contributed by atoms with E-state index < -0.39 is 17.7 Å². The normalized spacial score (nSPS) is 16.5. The Labute approximate surface area is 221 Å². The van der Waals surface area contributed by atoms with Gasteiger partial charge in [0, 0.05) is 11.3 Å². The number of ether oxygens (including phenoxy) is 2. The zero-order valence-corrected chi connectivity index (χ0v) is 21.3. The lowest BCUT2D eigenvalue weighted by Crippen LogP contribution is -2.29. The molecule has 0 saturated carbocycles. The molecule has 1 fully saturated rings. The Kier molecular flexibility index (Phi) is 6.71. The highest BCUT2D eigenvalue weighted by molar-refractivity contribution is 6.51. The van der Waals surface area contributed by atoms with Crippen molar-refractivity contribution in [1.29, 1.82) is 0 Å². The number of rotatable bonds is 6. The number of para-hydroxylation sites is 1. The van der Waals surface area contributed by atoms with Gasteiger partial charge >= 0.3 is 0 Å². The molecule has 38 heavy (non-hydrogen) atoms. The Balaban J connectivity index is 1.68. The van der Waals surface area contributed by atoms with Gasteiger partial charge in [-0.05, 0) is 85.1 Å². The molecule has 6 heteroatoms. The Morgan fingerprint density at radius 2 is 1.53 bits per heavy atom. The number of Topliss-reactive ketones (excluding diaryl/α,β-unsaturated/α-hetero) is 1. The first-order valence-electron chi connectivity index (χ1n) is 12.2. The van der Waals surface area contributed by atoms with E-state index in [1.54, 1.807) is 37.4 Å². The summed E-state index contributed by atoms with van der Waals surface area (Å²) < 4.78 is 11.3. The van der Waals surface area contributed by atoms with Crippen LogP contribution in [-0.4, -0.2) is 23.9 Å². The van der Waals surface area contributed by atoms with E-state index in [9.17, 15) is 14.7 Å². The number of ketones is 1. The molecule has 0 aliphatic carbocycles. The molecule has 4 aromatic carbocycles. The van der Waals surface area contributed by atoms with Crippen molar-refractivity contribution < 1.29 is 24.2 Å². The zero-order chi connectivity index (χ0) is 26.8. The second kappa shape index (κ2) is 10.3. The van der Waals surface area contributed by atoms with E-state index in [4.69, 9.17) is 9.47 Å². The smallest absolute Gasteiger partial charge is 0.300 e. The average Bonchev–Trinajstić information content (AvgIpc) is 3.19. The minimum Gasteiger partial charge on any atom is -0.507 e. The molecule has 1 unspecified atom stereocenters. The number of nitrogens with zero attached hydrogens (tertiary/aromatic N) is 1. The monoisotopic (exact) mass is 505 g/mol. The molecule has 1 amide bonds. The number of carbonyl (C=O) groups is 2. The van der Waals surface area contributed by atoms with Crippen LogP contribution in [0.4, 0.5) is 5.69 Å². The van der Waals surface area contributed by atoms with Crippen molar-refractivity contribution in [2.24, 2.45) is 0 Å². The molecule has 0 spiro atoms. The number of methoxy groups -OCH3 is 1. The summed E-state index contributed by atoms with van der Waals surface area (Å²) in [7, 11) is 1.56. The van der Waals surface area contributed by atoms with Gasteiger partial charge in [0.15, 0.2) is 0 Å². The van der Waals surface area contributed by atoms with Crippen LogP contribution in [0.5, 0.6) is 17.2 Å². The Bertz CT molecular complexity index is 1560. The highest BCUT2D eigenvalue weighted by Gasteiger charge is 2.47. The lowest BCUT2D eigenvalue weighted by atomic mass is 9.93. The van der Waals surface area contributed by atoms with Crippen molar-refractivity contribution >= 4 is 23.1 Å². The van der Waals surface area contributed by atoms with E-state index in [1.807, 2.05) is 80.6 Å². The van der Waals surface area contributed by atoms with Crippen LogP contribution in [0.25, 0.3) is 5.76 Å². The average molecular weight is 506 g/mol. The van der Waals surface area contributed by atoms with Gasteiger partial charge in [0.25, 0.3) is 11.7 Å². The SMILES string of the molecule is COc1ccc(/C(O)=C2\C(=O)C(=O)N(c3cccc(C)c3)C2c2cccc(Oc3ccccc3)c2)c(C)c1. The Morgan fingerprint density at radius 3 is 2.24 bits per heavy atom. The first-order valence-corrected chi connectivity index (χ1v) is 12.2. The van der Waals surface area contributed by atoms with Crippen LogP contribution < -0.4 is 14.4 Å². The molecule has 1 N–H and O–H groups in total. The fraction of sp³-hybridized carbons (Fsp3) is 0.125. The van der Waals surface area contributed by atoms with Gasteiger partial charge < -0.3 is 14.6 Å². The number of aliphatic hydroxyl groups is 1. The van der Waals surface area contributed by atoms with Crippen molar-refractivity contribution in [2.45, 2.75) is 19.9 Å². The van der Waals surface area contributed by atoms with Gasteiger partial charge in [-0.2, -0.15) is 0 Å². The quantitative estimate of drug-likeness (QED) is 0.179. The molecule has 1 heterocycles. The maximum atomic E-state index is 13.5. The summed E-state index contributed by atoms with van der Waals surface area (Å²) in [5.41, 5.74) is 3.32. The van der Waals surface area contributed by atoms with E-state index in [2.05, 4.69) is 0 Å². The molecular weight excluding hydrogens is 478 g/mol. The molecule has 6 nitrogen and oxygen atoms in total. The van der Waals surface area contributed by atoms with Crippen LogP contribution in [0.2, 0.25) is 0 Å². The molecule has 0 bridgehead atoms. The van der Waals surface area contributed by atoms with E-state index in [-0.39, 0.29) is 11.3 Å². The largest absolute Gasteiger partial charge is 0.507 e. The van der Waals surface area contributed by atoms with Crippen LogP contribution in [0, 0.1) is 13.8 Å². The third kappa shape index (κ3) is 4.64. The summed E-state index contributed by atoms with van der Waals surface area (Å²) in [6, 6.07) is 28.3. The van der Waals surface area contributed by atoms with Crippen molar-refractivity contribution in [2.75, 3.05) is 12.0 Å². The predicted molar refractivity (Wildman–Crippen MR) is 147 cm³/mol. The minimum absolute atomic E-state index is 0.0154. The van der Waals surface area contributed by atoms with Gasteiger partial charge in [-0.1, -0.05) is 42.5 Å². The van der Waals surface area contributed by atoms with E-state index in [0.29, 0.717) is 39.6 Å². The number of aliphatic hydroxyl groups excluding tert-OH is 1. The topological polar surface area (TPSA) is 76.1 Å². The molecule has 1 atom stereocenters. The molecule has 1 saturated heterocycles. The Hall–Kier alpha value is -4.84. The lowest BCUT2D eigenvalue weighted by Gasteiger charge is -2.26. The van der Waals surface area contributed by atoms with Gasteiger partial charge in [-0.25, -0.2) is 0 Å². The third-order valence-electron chi connectivity index (χ3n) is 6.57. The summed E-state index contributed by atoms with van der Waals surface area (Å²) in [4.78, 5) is 28.5. The number of hydrogen-bond acceptors (Lipinski definition) is 5. The number of hydrogen-bond donors (Lipinski definition) is 1. The maximum absolute atomic E-state index is 13.5. The lowest BCUT2D eigenvalue weighted by molar-refractivity contribution is -0.132. The van der Waals surface area contributed by atoms with Gasteiger partial charge in [0.2, 0.25) is 0 Å². The molecule has 190 valence electrons. The van der Waals surface area contributed by atoms with Gasteiger partial charge in [-0.15, -0.1) is 0 Å². The fourth-order valence-electron chi connectivity index (χ4n) is 4.74. The summed E-state index contributed by atoms with van der Waals surface area (Å²) in [6.07, 6.45) is 0. The van der Waals surface area contributed by atoms with Crippen LogP contribution in [-0.2, 0) is 9.59 Å². The number of benzene rings is 4. The van der Waals surface area contributed by atoms with E-state index in [0.717, 1.165) is 5.56 Å². The highest BCUT2D eigenvalue weighted by atomic mass is 16.5. The molecule has 1 aliphatic heterocycles. The van der Waals surface area contributed by atoms with Crippen molar-refractivity contribution in [3.63, 3.8) is 0 Å². The standard InChI is InChI=1S/C32H27NO5/c1-20-9-7-11-23(17-20)33-29(22-10-8-14-26(19-22)38-24-12-5-4-6-13-24)28(31(35)32(33)36)30(34)27-16-15-25(37-3)18-21(27)2/h4-19,29,34H,1-3H3/b30-28+. The first kappa shape index (κ1) is 24.8. The van der Waals surface area contributed by atoms with Crippen LogP contribution in [0.1, 0.15) is 28.3 Å². The van der Waals surface area contributed by atoms with Crippen LogP contribution >= 0.6 is 0 Å². The maximum Gasteiger partial charge on any atom is 0.300 e. The summed E-state index contributed by atoms with van der Waals surface area (Å²) in [5.74, 6) is 0.135. The molecule has 1 aliphatic rings. The molecule has 0 radical (unpaired) electrons. The summed E-state index contributed by atoms with van der Waals surface area (Å²) >= 11 is 0. The van der Waals surface area contributed by atoms with Gasteiger partial charge in [0.05, 0.1) is 18.7 Å². The van der Waals surface area contributed by atoms with Gasteiger partial charge in [-0.3, -0.25) is 14.5 Å². The molecular formula is C32H27NO5. The van der Waals surface area contributed by atoms with Crippen molar-refractivity contribution in [3.05, 3.63) is 125 Å². The highest BCUT2D eigenvalue weighted by Crippen LogP contribution is 2.43. The number of carbonyl (C=O) groups excluding carboxylic acids is 2. The third-order valence-corrected chi connectivity index (χ3v) is 6.57. The molecule has 5 rings (SSSR count). The fourth-order valence-corrected chi connectivity index (χ4v) is 4.74. The predicted octanol–water partition coefficient (Wildman–Crippen LogP) is 6.73. The first-order chi connectivity index (χ1) is 18.4. The zero-order valence-electron chi connectivity index (χ0n) is 21.3. The van der Waals surface area contributed by atoms with Crippen molar-refractivity contribution in [1.82, 2.24) is 0 Å². The number of amides is 1. The summed E-state index contributed by atoms with van der Waals surface area (Å²) in [6.45, 7) is 3.74. The van der Waals surface area contributed by atoms with Crippen LogP contribution in [0.15, 0.2) is 103 Å². The van der Waals surface area contributed by atoms with E-state index in [1.165, 1.54) is 4.90 Å². The second-order valence-electron chi connectivity index (χ2n) is 9.18. The minimum atomic E-state index is -0.863. The van der Waals surface area contributed by atoms with Gasteiger partial charge in [0.1, 0.15) is 23.0 Å². The molecule has 0 aromatic heterocycles. The molecule has 4 aromatic rings. The number of aryl methyl sites for hydroxylation is 2.